The molecule has 1 amide bonds. The summed E-state index contributed by atoms with van der Waals surface area (Å²) in [4.78, 5) is 15.2. The van der Waals surface area contributed by atoms with Crippen LogP contribution < -0.4 is 0 Å². The summed E-state index contributed by atoms with van der Waals surface area (Å²) in [6.45, 7) is 1.02. The zero-order chi connectivity index (χ0) is 15.6. The van der Waals surface area contributed by atoms with E-state index < -0.39 is 15.5 Å². The molecule has 1 atom stereocenters. The van der Waals surface area contributed by atoms with Gasteiger partial charge >= 0.3 is 10.2 Å². The van der Waals surface area contributed by atoms with Gasteiger partial charge in [-0.25, -0.2) is 0 Å². The third kappa shape index (κ3) is 4.25. The highest BCUT2D eigenvalue weighted by Gasteiger charge is 2.38. The van der Waals surface area contributed by atoms with Crippen LogP contribution >= 0.6 is 0 Å². The van der Waals surface area contributed by atoms with Gasteiger partial charge in [0.15, 0.2) is 0 Å². The van der Waals surface area contributed by atoms with Gasteiger partial charge in [0.05, 0.1) is 0 Å². The number of carbonyl (C=O) groups is 1. The van der Waals surface area contributed by atoms with Gasteiger partial charge in [-0.3, -0.25) is 4.79 Å². The Morgan fingerprint density at radius 3 is 2.57 bits per heavy atom. The first-order valence-electron chi connectivity index (χ1n) is 6.69. The lowest BCUT2D eigenvalue weighted by Gasteiger charge is -2.17. The Hall–Kier alpha value is -1.47. The lowest BCUT2D eigenvalue weighted by atomic mass is 10.1. The summed E-state index contributed by atoms with van der Waals surface area (Å²) in [5.41, 5.74) is 2.03. The van der Waals surface area contributed by atoms with Gasteiger partial charge in [-0.15, -0.1) is 3.89 Å². The first kappa shape index (κ1) is 15.9. The summed E-state index contributed by atoms with van der Waals surface area (Å²) in [5.74, 6) is -0.320. The standard InChI is InChI=1S/C14H19FN2O3S/c1-16(2)8-11-4-3-5-12(6-11)9-17-10-13(7-14(17)18)21(15,19)20/h3-6,13H,7-10H2,1-2H3. The van der Waals surface area contributed by atoms with Crippen molar-refractivity contribution in [3.05, 3.63) is 35.4 Å². The number of hydrogen-bond donors (Lipinski definition) is 0. The van der Waals surface area contributed by atoms with E-state index in [0.29, 0.717) is 6.54 Å². The van der Waals surface area contributed by atoms with E-state index in [1.807, 2.05) is 43.3 Å². The van der Waals surface area contributed by atoms with E-state index in [2.05, 4.69) is 0 Å². The molecule has 1 aliphatic rings. The third-order valence-electron chi connectivity index (χ3n) is 3.44. The fraction of sp³-hybridized carbons (Fsp3) is 0.500. The second kappa shape index (κ2) is 6.11. The topological polar surface area (TPSA) is 57.7 Å². The number of amides is 1. The minimum atomic E-state index is -4.65. The van der Waals surface area contributed by atoms with Crippen LogP contribution in [0, 0.1) is 0 Å². The van der Waals surface area contributed by atoms with Gasteiger partial charge in [0, 0.05) is 26.1 Å². The van der Waals surface area contributed by atoms with E-state index >= 15 is 0 Å². The molecule has 0 radical (unpaired) electrons. The van der Waals surface area contributed by atoms with Crippen molar-refractivity contribution >= 4 is 16.1 Å². The summed E-state index contributed by atoms with van der Waals surface area (Å²) in [6, 6.07) is 7.75. The molecular formula is C14H19FN2O3S. The van der Waals surface area contributed by atoms with E-state index in [1.165, 1.54) is 4.90 Å². The molecule has 1 aromatic carbocycles. The zero-order valence-electron chi connectivity index (χ0n) is 12.1. The molecule has 0 N–H and O–H groups in total. The zero-order valence-corrected chi connectivity index (χ0v) is 12.9. The van der Waals surface area contributed by atoms with Crippen molar-refractivity contribution < 1.29 is 17.1 Å². The van der Waals surface area contributed by atoms with Crippen molar-refractivity contribution in [2.75, 3.05) is 20.6 Å². The van der Waals surface area contributed by atoms with Crippen molar-refractivity contribution in [2.45, 2.75) is 24.8 Å². The highest BCUT2D eigenvalue weighted by molar-refractivity contribution is 7.87. The number of rotatable bonds is 5. The molecule has 1 fully saturated rings. The van der Waals surface area contributed by atoms with Crippen LogP contribution in [-0.2, 0) is 28.1 Å². The van der Waals surface area contributed by atoms with Crippen molar-refractivity contribution in [1.82, 2.24) is 9.80 Å². The number of halogens is 1. The summed E-state index contributed by atoms with van der Waals surface area (Å²) in [5, 5.41) is -1.23. The van der Waals surface area contributed by atoms with Crippen LogP contribution in [0.4, 0.5) is 3.89 Å². The Morgan fingerprint density at radius 2 is 2.00 bits per heavy atom. The minimum Gasteiger partial charge on any atom is -0.337 e. The highest BCUT2D eigenvalue weighted by atomic mass is 32.3. The third-order valence-corrected chi connectivity index (χ3v) is 4.55. The molecule has 0 saturated carbocycles. The quantitative estimate of drug-likeness (QED) is 0.765. The SMILES string of the molecule is CN(C)Cc1cccc(CN2CC(S(=O)(=O)F)CC2=O)c1. The van der Waals surface area contributed by atoms with E-state index in [4.69, 9.17) is 0 Å². The molecule has 0 aromatic heterocycles. The monoisotopic (exact) mass is 314 g/mol. The molecule has 1 aromatic rings. The number of likely N-dealkylation sites (tertiary alicyclic amines) is 1. The molecule has 1 unspecified atom stereocenters. The predicted molar refractivity (Wildman–Crippen MR) is 77.7 cm³/mol. The van der Waals surface area contributed by atoms with Crippen LogP contribution in [0.15, 0.2) is 24.3 Å². The highest BCUT2D eigenvalue weighted by Crippen LogP contribution is 2.22. The molecule has 1 aliphatic heterocycles. The second-order valence-electron chi connectivity index (χ2n) is 5.63. The van der Waals surface area contributed by atoms with Gasteiger partial charge in [-0.05, 0) is 25.2 Å². The smallest absolute Gasteiger partial charge is 0.307 e. The van der Waals surface area contributed by atoms with Gasteiger partial charge in [-0.1, -0.05) is 24.3 Å². The average molecular weight is 314 g/mol. The van der Waals surface area contributed by atoms with E-state index in [9.17, 15) is 17.1 Å². The molecule has 21 heavy (non-hydrogen) atoms. The van der Waals surface area contributed by atoms with E-state index in [0.717, 1.165) is 17.7 Å². The molecule has 7 heteroatoms. The number of hydrogen-bond acceptors (Lipinski definition) is 4. The van der Waals surface area contributed by atoms with Gasteiger partial charge in [0.2, 0.25) is 5.91 Å². The fourth-order valence-electron chi connectivity index (χ4n) is 2.49. The molecule has 0 bridgehead atoms. The maximum absolute atomic E-state index is 13.0. The van der Waals surface area contributed by atoms with Crippen LogP contribution in [0.25, 0.3) is 0 Å². The molecule has 1 saturated heterocycles. The maximum atomic E-state index is 13.0. The summed E-state index contributed by atoms with van der Waals surface area (Å²) in [6.07, 6.45) is -0.268. The Bertz CT molecular complexity index is 631. The molecular weight excluding hydrogens is 295 g/mol. The van der Waals surface area contributed by atoms with Crippen LogP contribution in [0.2, 0.25) is 0 Å². The summed E-state index contributed by atoms with van der Waals surface area (Å²) in [7, 11) is -0.723. The first-order chi connectivity index (χ1) is 9.75. The summed E-state index contributed by atoms with van der Waals surface area (Å²) < 4.78 is 34.8. The van der Waals surface area contributed by atoms with E-state index in [1.54, 1.807) is 0 Å². The molecule has 116 valence electrons. The summed E-state index contributed by atoms with van der Waals surface area (Å²) >= 11 is 0. The average Bonchev–Trinajstić information content (AvgIpc) is 2.70. The molecule has 0 aliphatic carbocycles. The largest absolute Gasteiger partial charge is 0.337 e. The van der Waals surface area contributed by atoms with Crippen LogP contribution in [0.1, 0.15) is 17.5 Å². The Labute approximate surface area is 124 Å². The second-order valence-corrected chi connectivity index (χ2v) is 7.25. The Morgan fingerprint density at radius 1 is 1.33 bits per heavy atom. The lowest BCUT2D eigenvalue weighted by molar-refractivity contribution is -0.128. The first-order valence-corrected chi connectivity index (χ1v) is 8.14. The molecule has 2 rings (SSSR count). The lowest BCUT2D eigenvalue weighted by Crippen LogP contribution is -2.26. The van der Waals surface area contributed by atoms with Crippen molar-refractivity contribution in [3.63, 3.8) is 0 Å². The molecule has 0 spiro atoms. The molecule has 1 heterocycles. The van der Waals surface area contributed by atoms with Crippen molar-refractivity contribution in [1.29, 1.82) is 0 Å². The fourth-order valence-corrected chi connectivity index (χ4v) is 3.19. The number of benzene rings is 1. The van der Waals surface area contributed by atoms with Gasteiger partial charge in [0.25, 0.3) is 0 Å². The predicted octanol–water partition coefficient (Wildman–Crippen LogP) is 1.15. The van der Waals surface area contributed by atoms with Crippen molar-refractivity contribution in [3.8, 4) is 0 Å². The van der Waals surface area contributed by atoms with Gasteiger partial charge in [-0.2, -0.15) is 8.42 Å². The van der Waals surface area contributed by atoms with Crippen LogP contribution in [-0.4, -0.2) is 50.0 Å². The van der Waals surface area contributed by atoms with E-state index in [-0.39, 0.29) is 18.9 Å². The normalized spacial score (nSPS) is 19.5. The van der Waals surface area contributed by atoms with Crippen molar-refractivity contribution in [2.24, 2.45) is 0 Å². The Balaban J connectivity index is 2.07. The van der Waals surface area contributed by atoms with Gasteiger partial charge < -0.3 is 9.80 Å². The number of carbonyl (C=O) groups excluding carboxylic acids is 1. The Kier molecular flexibility index (Phi) is 4.63. The molecule has 5 nitrogen and oxygen atoms in total. The maximum Gasteiger partial charge on any atom is 0.307 e. The van der Waals surface area contributed by atoms with Gasteiger partial charge in [0.1, 0.15) is 5.25 Å². The minimum absolute atomic E-state index is 0.0738. The number of nitrogens with zero attached hydrogens (tertiary/aromatic N) is 2. The van der Waals surface area contributed by atoms with Crippen LogP contribution in [0.5, 0.6) is 0 Å². The van der Waals surface area contributed by atoms with Crippen LogP contribution in [0.3, 0.4) is 0 Å².